The first-order valence-corrected chi connectivity index (χ1v) is 9.74. The highest BCUT2D eigenvalue weighted by atomic mass is 32.1. The number of nitrogens with zero attached hydrogens (tertiary/aromatic N) is 3. The van der Waals surface area contributed by atoms with Crippen molar-refractivity contribution in [3.8, 4) is 0 Å². The van der Waals surface area contributed by atoms with Crippen molar-refractivity contribution in [1.29, 1.82) is 0 Å². The molecule has 0 unspecified atom stereocenters. The fraction of sp³-hybridized carbons (Fsp3) is 0.444. The second-order valence-electron chi connectivity index (χ2n) is 6.63. The number of anilines is 1. The monoisotopic (exact) mass is 412 g/mol. The molecule has 1 saturated carbocycles. The highest BCUT2D eigenvalue weighted by Crippen LogP contribution is 2.32. The Hall–Kier alpha value is -2.49. The van der Waals surface area contributed by atoms with Gasteiger partial charge in [-0.2, -0.15) is 13.2 Å². The molecule has 0 radical (unpaired) electrons. The molecule has 0 bridgehead atoms. The molecule has 1 fully saturated rings. The summed E-state index contributed by atoms with van der Waals surface area (Å²) in [6.45, 7) is -0.395. The molecular weight excluding hydrogens is 393 g/mol. The third-order valence-electron chi connectivity index (χ3n) is 4.58. The van der Waals surface area contributed by atoms with Crippen LogP contribution in [0.4, 0.5) is 18.9 Å². The maximum absolute atomic E-state index is 13.1. The van der Waals surface area contributed by atoms with Crippen molar-refractivity contribution in [3.63, 3.8) is 0 Å². The van der Waals surface area contributed by atoms with E-state index >= 15 is 0 Å². The number of hydrogen-bond acceptors (Lipinski definition) is 5. The van der Waals surface area contributed by atoms with Gasteiger partial charge in [0.2, 0.25) is 5.91 Å². The van der Waals surface area contributed by atoms with Gasteiger partial charge in [0.1, 0.15) is 6.54 Å². The Labute approximate surface area is 163 Å². The molecule has 150 valence electrons. The lowest BCUT2D eigenvalue weighted by molar-refractivity contribution is -0.137. The van der Waals surface area contributed by atoms with E-state index in [4.69, 9.17) is 0 Å². The number of carbonyl (C=O) groups excluding carboxylic acids is 2. The van der Waals surface area contributed by atoms with Gasteiger partial charge in [-0.05, 0) is 42.6 Å². The van der Waals surface area contributed by atoms with Gasteiger partial charge in [0.25, 0.3) is 5.91 Å². The maximum atomic E-state index is 13.1. The number of rotatable bonds is 5. The lowest BCUT2D eigenvalue weighted by Gasteiger charge is -2.26. The number of nitrogens with one attached hydrogen (secondary N) is 1. The Morgan fingerprint density at radius 2 is 1.96 bits per heavy atom. The van der Waals surface area contributed by atoms with E-state index in [0.717, 1.165) is 60.7 Å². The lowest BCUT2D eigenvalue weighted by atomic mass is 9.95. The van der Waals surface area contributed by atoms with Crippen LogP contribution in [0.25, 0.3) is 0 Å². The van der Waals surface area contributed by atoms with E-state index in [1.54, 1.807) is 0 Å². The van der Waals surface area contributed by atoms with Crippen LogP contribution in [0.1, 0.15) is 48.2 Å². The normalized spacial score (nSPS) is 15.2. The Morgan fingerprint density at radius 3 is 2.61 bits per heavy atom. The molecule has 6 nitrogen and oxygen atoms in total. The lowest BCUT2D eigenvalue weighted by Crippen LogP contribution is -2.45. The third kappa shape index (κ3) is 5.06. The Kier molecular flexibility index (Phi) is 6.28. The molecule has 28 heavy (non-hydrogen) atoms. The van der Waals surface area contributed by atoms with Crippen molar-refractivity contribution in [2.45, 2.75) is 44.3 Å². The van der Waals surface area contributed by atoms with E-state index in [2.05, 4.69) is 14.9 Å². The van der Waals surface area contributed by atoms with E-state index in [-0.39, 0.29) is 17.4 Å². The average Bonchev–Trinajstić information content (AvgIpc) is 3.21. The zero-order chi connectivity index (χ0) is 20.1. The van der Waals surface area contributed by atoms with Crippen LogP contribution < -0.4 is 10.2 Å². The average molecular weight is 412 g/mol. The minimum atomic E-state index is -4.56. The Bertz CT molecular complexity index is 820. The number of amides is 2. The molecule has 1 heterocycles. The van der Waals surface area contributed by atoms with Gasteiger partial charge < -0.3 is 5.32 Å². The second kappa shape index (κ2) is 8.68. The zero-order valence-electron chi connectivity index (χ0n) is 14.9. The second-order valence-corrected chi connectivity index (χ2v) is 7.24. The van der Waals surface area contributed by atoms with E-state index < -0.39 is 30.1 Å². The van der Waals surface area contributed by atoms with Crippen molar-refractivity contribution < 1.29 is 22.8 Å². The molecule has 0 saturated heterocycles. The topological polar surface area (TPSA) is 75.2 Å². The number of carbonyl (C=O) groups is 2. The number of hydrogen-bond donors (Lipinski definition) is 1. The molecule has 0 atom stereocenters. The molecule has 1 aliphatic carbocycles. The van der Waals surface area contributed by atoms with Gasteiger partial charge in [-0.15, -0.1) is 5.10 Å². The molecular formula is C18H19F3N4O2S. The fourth-order valence-electron chi connectivity index (χ4n) is 3.19. The third-order valence-corrected chi connectivity index (χ3v) is 5.09. The van der Waals surface area contributed by atoms with E-state index in [9.17, 15) is 22.8 Å². The molecule has 1 aromatic carbocycles. The fourth-order valence-corrected chi connectivity index (χ4v) is 3.62. The van der Waals surface area contributed by atoms with Gasteiger partial charge in [0.15, 0.2) is 5.69 Å². The zero-order valence-corrected chi connectivity index (χ0v) is 15.7. The first kappa shape index (κ1) is 20.2. The quantitative estimate of drug-likeness (QED) is 0.814. The van der Waals surface area contributed by atoms with Crippen molar-refractivity contribution in [2.75, 3.05) is 11.4 Å². The smallest absolute Gasteiger partial charge is 0.352 e. The van der Waals surface area contributed by atoms with E-state index in [1.807, 2.05) is 0 Å². The summed E-state index contributed by atoms with van der Waals surface area (Å²) >= 11 is 0.946. The molecule has 0 aliphatic heterocycles. The largest absolute Gasteiger partial charge is 0.416 e. The molecule has 1 N–H and O–H groups in total. The van der Waals surface area contributed by atoms with Crippen LogP contribution >= 0.6 is 11.5 Å². The molecule has 10 heteroatoms. The Balaban J connectivity index is 1.83. The summed E-state index contributed by atoms with van der Waals surface area (Å²) < 4.78 is 42.8. The molecule has 2 amide bonds. The predicted octanol–water partition coefficient (Wildman–Crippen LogP) is 3.65. The highest BCUT2D eigenvalue weighted by molar-refractivity contribution is 7.03. The van der Waals surface area contributed by atoms with Gasteiger partial charge in [-0.25, -0.2) is 0 Å². The molecule has 1 aromatic heterocycles. The van der Waals surface area contributed by atoms with Gasteiger partial charge >= 0.3 is 6.18 Å². The van der Waals surface area contributed by atoms with Gasteiger partial charge in [-0.1, -0.05) is 29.8 Å². The van der Waals surface area contributed by atoms with E-state index in [0.29, 0.717) is 0 Å². The van der Waals surface area contributed by atoms with Crippen LogP contribution in [0.2, 0.25) is 0 Å². The van der Waals surface area contributed by atoms with Gasteiger partial charge in [0, 0.05) is 17.1 Å². The summed E-state index contributed by atoms with van der Waals surface area (Å²) in [5.74, 6) is -1.09. The van der Waals surface area contributed by atoms with Crippen LogP contribution in [0.5, 0.6) is 0 Å². The minimum Gasteiger partial charge on any atom is -0.352 e. The van der Waals surface area contributed by atoms with Crippen LogP contribution in [0.3, 0.4) is 0 Å². The van der Waals surface area contributed by atoms with Crippen LogP contribution in [-0.2, 0) is 11.0 Å². The van der Waals surface area contributed by atoms with Crippen molar-refractivity contribution in [1.82, 2.24) is 14.9 Å². The van der Waals surface area contributed by atoms with Crippen LogP contribution in [0, 0.1) is 0 Å². The molecule has 2 aromatic rings. The molecule has 0 spiro atoms. The van der Waals surface area contributed by atoms with Gasteiger partial charge in [0.05, 0.1) is 5.56 Å². The first-order valence-electron chi connectivity index (χ1n) is 8.90. The molecule has 1 aliphatic rings. The summed E-state index contributed by atoms with van der Waals surface area (Å²) in [5.41, 5.74) is -0.939. The maximum Gasteiger partial charge on any atom is 0.416 e. The van der Waals surface area contributed by atoms with Crippen molar-refractivity contribution in [2.24, 2.45) is 0 Å². The number of aromatic nitrogens is 2. The summed E-state index contributed by atoms with van der Waals surface area (Å²) in [6, 6.07) is 4.36. The van der Waals surface area contributed by atoms with Crippen molar-refractivity contribution in [3.05, 3.63) is 40.9 Å². The predicted molar refractivity (Wildman–Crippen MR) is 98.0 cm³/mol. The Morgan fingerprint density at radius 1 is 1.21 bits per heavy atom. The number of halogens is 3. The minimum absolute atomic E-state index is 0.0205. The number of alkyl halides is 3. The standard InChI is InChI=1S/C18H19F3N4O2S/c19-18(20,21)12-5-4-8-14(9-12)25(17(27)15-11-28-24-23-15)10-16(26)22-13-6-2-1-3-7-13/h4-5,8-9,11,13H,1-3,6-7,10H2,(H,22,26). The summed E-state index contributed by atoms with van der Waals surface area (Å²) in [7, 11) is 0. The summed E-state index contributed by atoms with van der Waals surface area (Å²) in [5, 5.41) is 7.95. The number of benzene rings is 1. The van der Waals surface area contributed by atoms with Crippen LogP contribution in [0.15, 0.2) is 29.6 Å². The summed E-state index contributed by atoms with van der Waals surface area (Å²) in [4.78, 5) is 26.3. The molecule has 3 rings (SSSR count). The van der Waals surface area contributed by atoms with Gasteiger partial charge in [-0.3, -0.25) is 14.5 Å². The van der Waals surface area contributed by atoms with Crippen LogP contribution in [-0.4, -0.2) is 34.0 Å². The highest BCUT2D eigenvalue weighted by Gasteiger charge is 2.32. The van der Waals surface area contributed by atoms with Crippen molar-refractivity contribution >= 4 is 29.0 Å². The SMILES string of the molecule is O=C(CN(C(=O)c1csnn1)c1cccc(C(F)(F)F)c1)NC1CCCCC1. The van der Waals surface area contributed by atoms with E-state index in [1.165, 1.54) is 17.5 Å². The summed E-state index contributed by atoms with van der Waals surface area (Å²) in [6.07, 6.45) is 0.325. The first-order chi connectivity index (χ1) is 13.3.